The molecule has 0 aliphatic heterocycles. The Bertz CT molecular complexity index is 579. The average molecular weight is 275 g/mol. The summed E-state index contributed by atoms with van der Waals surface area (Å²) >= 11 is 5.48. The highest BCUT2D eigenvalue weighted by molar-refractivity contribution is 6.30. The Hall–Kier alpha value is -2.00. The van der Waals surface area contributed by atoms with Gasteiger partial charge in [0, 0.05) is 23.3 Å². The molecule has 0 amide bonds. The maximum Gasteiger partial charge on any atom is 0.227 e. The second kappa shape index (κ2) is 6.25. The SMILES string of the molecule is O=C(CCl)c1cc[n+](CC(=O)c2ccccc2)cc1. The van der Waals surface area contributed by atoms with Gasteiger partial charge in [-0.1, -0.05) is 30.3 Å². The predicted molar refractivity (Wildman–Crippen MR) is 72.5 cm³/mol. The lowest BCUT2D eigenvalue weighted by atomic mass is 10.1. The molecule has 2 aromatic rings. The Morgan fingerprint density at radius 1 is 0.895 bits per heavy atom. The van der Waals surface area contributed by atoms with E-state index < -0.39 is 0 Å². The van der Waals surface area contributed by atoms with Gasteiger partial charge < -0.3 is 0 Å². The Morgan fingerprint density at radius 2 is 1.47 bits per heavy atom. The first-order valence-corrected chi connectivity index (χ1v) is 6.40. The van der Waals surface area contributed by atoms with Crippen LogP contribution in [0.25, 0.3) is 0 Å². The Labute approximate surface area is 116 Å². The van der Waals surface area contributed by atoms with Crippen LogP contribution in [0.15, 0.2) is 54.9 Å². The molecule has 0 atom stereocenters. The molecule has 4 heteroatoms. The number of aromatic nitrogens is 1. The number of nitrogens with zero attached hydrogens (tertiary/aromatic N) is 1. The van der Waals surface area contributed by atoms with Crippen LogP contribution in [0.5, 0.6) is 0 Å². The van der Waals surface area contributed by atoms with Crippen LogP contribution in [-0.4, -0.2) is 17.4 Å². The van der Waals surface area contributed by atoms with E-state index in [9.17, 15) is 9.59 Å². The molecular formula is C15H13ClNO2+. The third-order valence-electron chi connectivity index (χ3n) is 2.76. The topological polar surface area (TPSA) is 38.0 Å². The maximum absolute atomic E-state index is 12.0. The van der Waals surface area contributed by atoms with Crippen LogP contribution < -0.4 is 4.57 Å². The molecule has 0 aliphatic rings. The molecule has 0 saturated heterocycles. The number of pyridine rings is 1. The molecule has 0 radical (unpaired) electrons. The van der Waals surface area contributed by atoms with Gasteiger partial charge in [0.05, 0.1) is 5.88 Å². The Kier molecular flexibility index (Phi) is 4.42. The molecule has 19 heavy (non-hydrogen) atoms. The minimum Gasteiger partial charge on any atom is -0.293 e. The summed E-state index contributed by atoms with van der Waals surface area (Å²) in [5.74, 6) is -0.127. The fourth-order valence-corrected chi connectivity index (χ4v) is 1.86. The van der Waals surface area contributed by atoms with Crippen molar-refractivity contribution < 1.29 is 14.2 Å². The van der Waals surface area contributed by atoms with E-state index >= 15 is 0 Å². The van der Waals surface area contributed by atoms with Crippen LogP contribution in [0.1, 0.15) is 20.7 Å². The van der Waals surface area contributed by atoms with Crippen LogP contribution in [0, 0.1) is 0 Å². The van der Waals surface area contributed by atoms with Gasteiger partial charge in [-0.05, 0) is 0 Å². The highest BCUT2D eigenvalue weighted by Crippen LogP contribution is 2.01. The zero-order valence-electron chi connectivity index (χ0n) is 10.3. The number of hydrogen-bond donors (Lipinski definition) is 0. The monoisotopic (exact) mass is 274 g/mol. The minimum atomic E-state index is -0.122. The van der Waals surface area contributed by atoms with Crippen molar-refractivity contribution >= 4 is 23.2 Å². The van der Waals surface area contributed by atoms with Gasteiger partial charge in [-0.15, -0.1) is 11.6 Å². The third-order valence-corrected chi connectivity index (χ3v) is 3.00. The minimum absolute atomic E-state index is 0.0296. The van der Waals surface area contributed by atoms with Crippen molar-refractivity contribution in [2.24, 2.45) is 0 Å². The summed E-state index contributed by atoms with van der Waals surface area (Å²) in [6.07, 6.45) is 3.42. The lowest BCUT2D eigenvalue weighted by Gasteiger charge is -1.99. The van der Waals surface area contributed by atoms with Crippen LogP contribution >= 0.6 is 11.6 Å². The number of Topliss-reactive ketones (excluding diaryl/α,β-unsaturated/α-hetero) is 2. The normalized spacial score (nSPS) is 10.2. The molecule has 96 valence electrons. The van der Waals surface area contributed by atoms with E-state index in [0.717, 1.165) is 0 Å². The third kappa shape index (κ3) is 3.48. The molecule has 0 saturated carbocycles. The molecule has 3 nitrogen and oxygen atoms in total. The number of carbonyl (C=O) groups excluding carboxylic acids is 2. The first-order valence-electron chi connectivity index (χ1n) is 5.87. The van der Waals surface area contributed by atoms with Crippen molar-refractivity contribution in [1.82, 2.24) is 0 Å². The molecule has 1 aromatic carbocycles. The zero-order chi connectivity index (χ0) is 13.7. The van der Waals surface area contributed by atoms with E-state index in [1.165, 1.54) is 0 Å². The van der Waals surface area contributed by atoms with Gasteiger partial charge in [-0.25, -0.2) is 0 Å². The van der Waals surface area contributed by atoms with Crippen molar-refractivity contribution in [3.63, 3.8) is 0 Å². The number of ketones is 2. The first-order chi connectivity index (χ1) is 9.20. The van der Waals surface area contributed by atoms with E-state index in [1.807, 2.05) is 18.2 Å². The largest absolute Gasteiger partial charge is 0.293 e. The summed E-state index contributed by atoms with van der Waals surface area (Å²) in [5.41, 5.74) is 1.23. The van der Waals surface area contributed by atoms with Crippen LogP contribution in [0.3, 0.4) is 0 Å². The standard InChI is InChI=1S/C15H13ClNO2/c16-10-14(18)13-6-8-17(9-7-13)11-15(19)12-4-2-1-3-5-12/h1-9H,10-11H2/q+1. The molecule has 0 spiro atoms. The van der Waals surface area contributed by atoms with E-state index in [2.05, 4.69) is 0 Å². The number of carbonyl (C=O) groups is 2. The summed E-state index contributed by atoms with van der Waals surface area (Å²) in [6.45, 7) is 0.249. The lowest BCUT2D eigenvalue weighted by Crippen LogP contribution is -2.37. The Balaban J connectivity index is 2.08. The van der Waals surface area contributed by atoms with Gasteiger partial charge in [0.2, 0.25) is 12.3 Å². The molecule has 1 aromatic heterocycles. The first kappa shape index (κ1) is 13.4. The molecular weight excluding hydrogens is 262 g/mol. The summed E-state index contributed by atoms with van der Waals surface area (Å²) in [5, 5.41) is 0. The summed E-state index contributed by atoms with van der Waals surface area (Å²) in [7, 11) is 0. The van der Waals surface area contributed by atoms with Crippen molar-refractivity contribution in [3.05, 3.63) is 66.0 Å². The highest BCUT2D eigenvalue weighted by Gasteiger charge is 2.12. The summed E-state index contributed by atoms with van der Waals surface area (Å²) in [4.78, 5) is 23.3. The molecule has 0 aliphatic carbocycles. The van der Waals surface area contributed by atoms with Gasteiger partial charge in [0.25, 0.3) is 0 Å². The summed E-state index contributed by atoms with van der Waals surface area (Å²) in [6, 6.07) is 12.4. The highest BCUT2D eigenvalue weighted by atomic mass is 35.5. The van der Waals surface area contributed by atoms with E-state index in [4.69, 9.17) is 11.6 Å². The second-order valence-electron chi connectivity index (χ2n) is 4.11. The quantitative estimate of drug-likeness (QED) is 0.477. The number of hydrogen-bond acceptors (Lipinski definition) is 2. The molecule has 0 N–H and O–H groups in total. The van der Waals surface area contributed by atoms with Gasteiger partial charge in [-0.3, -0.25) is 9.59 Å². The van der Waals surface area contributed by atoms with Crippen LogP contribution in [-0.2, 0) is 6.54 Å². The van der Waals surface area contributed by atoms with Crippen molar-refractivity contribution in [2.75, 3.05) is 5.88 Å². The van der Waals surface area contributed by atoms with Crippen molar-refractivity contribution in [1.29, 1.82) is 0 Å². The molecule has 1 heterocycles. The molecule has 0 fully saturated rings. The van der Waals surface area contributed by atoms with Gasteiger partial charge in [-0.2, -0.15) is 4.57 Å². The van der Waals surface area contributed by atoms with Crippen LogP contribution in [0.2, 0.25) is 0 Å². The van der Waals surface area contributed by atoms with E-state index in [1.54, 1.807) is 41.2 Å². The zero-order valence-corrected chi connectivity index (χ0v) is 11.0. The van der Waals surface area contributed by atoms with Gasteiger partial charge in [0.1, 0.15) is 0 Å². The van der Waals surface area contributed by atoms with E-state index in [-0.39, 0.29) is 24.0 Å². The molecule has 2 rings (SSSR count). The number of rotatable bonds is 5. The second-order valence-corrected chi connectivity index (χ2v) is 4.37. The fourth-order valence-electron chi connectivity index (χ4n) is 1.71. The fraction of sp³-hybridized carbons (Fsp3) is 0.133. The van der Waals surface area contributed by atoms with Crippen LogP contribution in [0.4, 0.5) is 0 Å². The van der Waals surface area contributed by atoms with Gasteiger partial charge in [0.15, 0.2) is 18.2 Å². The molecule has 0 bridgehead atoms. The lowest BCUT2D eigenvalue weighted by molar-refractivity contribution is -0.683. The van der Waals surface area contributed by atoms with Gasteiger partial charge >= 0.3 is 0 Å². The van der Waals surface area contributed by atoms with E-state index in [0.29, 0.717) is 11.1 Å². The number of halogens is 1. The number of benzene rings is 1. The number of alkyl halides is 1. The molecule has 0 unspecified atom stereocenters. The average Bonchev–Trinajstić information content (AvgIpc) is 2.48. The van der Waals surface area contributed by atoms with Crippen molar-refractivity contribution in [2.45, 2.75) is 6.54 Å². The van der Waals surface area contributed by atoms with Crippen molar-refractivity contribution in [3.8, 4) is 0 Å². The smallest absolute Gasteiger partial charge is 0.227 e. The maximum atomic E-state index is 12.0. The Morgan fingerprint density at radius 3 is 2.05 bits per heavy atom. The summed E-state index contributed by atoms with van der Waals surface area (Å²) < 4.78 is 1.74. The predicted octanol–water partition coefficient (Wildman–Crippen LogP) is 2.28.